The number of hydrogen-bond acceptors (Lipinski definition) is 2. The maximum absolute atomic E-state index is 8.74. The summed E-state index contributed by atoms with van der Waals surface area (Å²) in [6, 6.07) is 0. The van der Waals surface area contributed by atoms with E-state index in [1.807, 2.05) is 0 Å². The zero-order valence-electron chi connectivity index (χ0n) is 6.53. The van der Waals surface area contributed by atoms with E-state index in [9.17, 15) is 0 Å². The SMILES string of the molecule is Cl.O=S(=O)(O)O.[H-].[H-].[K+].[Li+]. The number of hydrogen-bond donors (Lipinski definition) is 2. The number of rotatable bonds is 0. The van der Waals surface area contributed by atoms with Crippen LogP contribution in [0.4, 0.5) is 0 Å². The number of halogens is 1. The molecule has 0 fully saturated rings. The fourth-order valence-corrected chi connectivity index (χ4v) is 0. The molecule has 4 nitrogen and oxygen atoms in total. The van der Waals surface area contributed by atoms with Crippen molar-refractivity contribution in [3.63, 3.8) is 0 Å². The van der Waals surface area contributed by atoms with Gasteiger partial charge in [-0.15, -0.1) is 12.4 Å². The van der Waals surface area contributed by atoms with Crippen LogP contribution in [0.2, 0.25) is 0 Å². The van der Waals surface area contributed by atoms with Crippen LogP contribution in [-0.2, 0) is 10.4 Å². The summed E-state index contributed by atoms with van der Waals surface area (Å²) in [5.74, 6) is 0. The Morgan fingerprint density at radius 2 is 1.25 bits per heavy atom. The van der Waals surface area contributed by atoms with Gasteiger partial charge < -0.3 is 2.85 Å². The first kappa shape index (κ1) is 22.4. The maximum Gasteiger partial charge on any atom is 1.00 e. The Labute approximate surface area is 111 Å². The van der Waals surface area contributed by atoms with Gasteiger partial charge in [0.05, 0.1) is 0 Å². The van der Waals surface area contributed by atoms with Crippen molar-refractivity contribution in [3.8, 4) is 0 Å². The average molecular weight is 183 g/mol. The summed E-state index contributed by atoms with van der Waals surface area (Å²) in [4.78, 5) is 0. The van der Waals surface area contributed by atoms with Crippen molar-refractivity contribution >= 4 is 22.8 Å². The topological polar surface area (TPSA) is 74.6 Å². The fraction of sp³-hybridized carbons (Fsp3) is 0. The van der Waals surface area contributed by atoms with Gasteiger partial charge >= 0.3 is 80.6 Å². The largest absolute Gasteiger partial charge is 1.00 e. The second-order valence-corrected chi connectivity index (χ2v) is 1.34. The molecule has 0 aliphatic heterocycles. The van der Waals surface area contributed by atoms with Gasteiger partial charge in [0.15, 0.2) is 0 Å². The molecule has 0 aromatic carbocycles. The maximum atomic E-state index is 8.74. The van der Waals surface area contributed by atoms with Gasteiger partial charge in [-0.05, 0) is 0 Å². The van der Waals surface area contributed by atoms with Crippen molar-refractivity contribution in [1.82, 2.24) is 0 Å². The third-order valence-electron chi connectivity index (χ3n) is 0. The standard InChI is InChI=1S/ClH.K.Li.H2O4S.2H/c;;;1-5(2,3)4;;/h1H;;;(H2,1,2,3,4);;/q;2*+1;;2*-1. The van der Waals surface area contributed by atoms with Crippen molar-refractivity contribution in [2.45, 2.75) is 0 Å². The van der Waals surface area contributed by atoms with E-state index in [4.69, 9.17) is 17.5 Å². The fourth-order valence-electron chi connectivity index (χ4n) is 0. The zero-order chi connectivity index (χ0) is 4.50. The van der Waals surface area contributed by atoms with Crippen LogP contribution in [0.5, 0.6) is 0 Å². The molecule has 0 aromatic rings. The molecule has 0 rings (SSSR count). The van der Waals surface area contributed by atoms with Gasteiger partial charge in [-0.25, -0.2) is 0 Å². The summed E-state index contributed by atoms with van der Waals surface area (Å²) in [6.45, 7) is 0. The minimum absolute atomic E-state index is 0. The molecule has 8 heavy (non-hydrogen) atoms. The molecule has 0 saturated carbocycles. The van der Waals surface area contributed by atoms with Gasteiger partial charge in [0.25, 0.3) is 0 Å². The van der Waals surface area contributed by atoms with Crippen LogP contribution in [0, 0.1) is 0 Å². The van der Waals surface area contributed by atoms with Crippen LogP contribution in [0.3, 0.4) is 0 Å². The monoisotopic (exact) mass is 182 g/mol. The predicted octanol–water partition coefficient (Wildman–Crippen LogP) is -6.00. The molecular weight excluding hydrogens is 178 g/mol. The summed E-state index contributed by atoms with van der Waals surface area (Å²) < 4.78 is 31.6. The third kappa shape index (κ3) is 80.1. The molecule has 0 spiro atoms. The quantitative estimate of drug-likeness (QED) is 0.289. The first-order valence-corrected chi connectivity index (χ1v) is 2.10. The van der Waals surface area contributed by atoms with Crippen LogP contribution < -0.4 is 70.2 Å². The molecule has 0 aromatic heterocycles. The molecule has 0 aliphatic carbocycles. The van der Waals surface area contributed by atoms with Crippen molar-refractivity contribution in [3.05, 3.63) is 0 Å². The summed E-state index contributed by atoms with van der Waals surface area (Å²) in [5, 5.41) is 0. The van der Waals surface area contributed by atoms with Gasteiger partial charge in [-0.3, -0.25) is 9.11 Å². The molecule has 0 saturated heterocycles. The Bertz CT molecular complexity index is 106. The molecule has 8 heteroatoms. The van der Waals surface area contributed by atoms with E-state index >= 15 is 0 Å². The Balaban J connectivity index is -0.00000000800. The van der Waals surface area contributed by atoms with Crippen LogP contribution in [-0.4, -0.2) is 17.5 Å². The third-order valence-corrected chi connectivity index (χ3v) is 0. The molecule has 0 heterocycles. The normalized spacial score (nSPS) is 7.25. The predicted molar refractivity (Wildman–Crippen MR) is 23.6 cm³/mol. The first-order chi connectivity index (χ1) is 2.00. The van der Waals surface area contributed by atoms with Gasteiger partial charge in [0, 0.05) is 0 Å². The smallest absolute Gasteiger partial charge is 1.00 e. The van der Waals surface area contributed by atoms with E-state index in [2.05, 4.69) is 0 Å². The summed E-state index contributed by atoms with van der Waals surface area (Å²) in [7, 11) is -4.67. The zero-order valence-corrected chi connectivity index (χ0v) is 9.28. The molecular formula is H5ClKLiO4S. The van der Waals surface area contributed by atoms with Crippen molar-refractivity contribution in [2.24, 2.45) is 0 Å². The van der Waals surface area contributed by atoms with Crippen molar-refractivity contribution < 1.29 is 90.6 Å². The van der Waals surface area contributed by atoms with Crippen molar-refractivity contribution in [2.75, 3.05) is 0 Å². The van der Waals surface area contributed by atoms with Crippen LogP contribution in [0.15, 0.2) is 0 Å². The second-order valence-electron chi connectivity index (χ2n) is 0.448. The van der Waals surface area contributed by atoms with Crippen LogP contribution in [0.25, 0.3) is 0 Å². The minimum Gasteiger partial charge on any atom is -1.00 e. The molecule has 0 amide bonds. The Morgan fingerprint density at radius 1 is 1.25 bits per heavy atom. The Morgan fingerprint density at radius 3 is 1.25 bits per heavy atom. The molecule has 2 N–H and O–H groups in total. The molecule has 44 valence electrons. The van der Waals surface area contributed by atoms with Crippen LogP contribution >= 0.6 is 12.4 Å². The summed E-state index contributed by atoms with van der Waals surface area (Å²) in [5.41, 5.74) is 0. The van der Waals surface area contributed by atoms with E-state index < -0.39 is 10.4 Å². The first-order valence-electron chi connectivity index (χ1n) is 0.698. The van der Waals surface area contributed by atoms with Crippen LogP contribution in [0.1, 0.15) is 2.85 Å². The molecule has 0 atom stereocenters. The molecule has 0 aliphatic rings. The molecule has 0 unspecified atom stereocenters. The van der Waals surface area contributed by atoms with Gasteiger partial charge in [0.1, 0.15) is 0 Å². The van der Waals surface area contributed by atoms with Gasteiger partial charge in [0.2, 0.25) is 0 Å². The van der Waals surface area contributed by atoms with E-state index in [0.717, 1.165) is 0 Å². The summed E-state index contributed by atoms with van der Waals surface area (Å²) in [6.07, 6.45) is 0. The van der Waals surface area contributed by atoms with E-state index in [-0.39, 0.29) is 85.5 Å². The van der Waals surface area contributed by atoms with Gasteiger partial charge in [-0.2, -0.15) is 8.42 Å². The molecule has 0 radical (unpaired) electrons. The Kier molecular flexibility index (Phi) is 26.3. The minimum atomic E-state index is -4.67. The van der Waals surface area contributed by atoms with E-state index in [0.29, 0.717) is 0 Å². The van der Waals surface area contributed by atoms with Crippen molar-refractivity contribution in [1.29, 1.82) is 0 Å². The Hall–Kier alpha value is 2.39. The van der Waals surface area contributed by atoms with E-state index in [1.165, 1.54) is 0 Å². The second kappa shape index (κ2) is 9.39. The summed E-state index contributed by atoms with van der Waals surface area (Å²) >= 11 is 0. The van der Waals surface area contributed by atoms with E-state index in [1.54, 1.807) is 0 Å². The molecule has 0 bridgehead atoms. The van der Waals surface area contributed by atoms with Gasteiger partial charge in [-0.1, -0.05) is 0 Å². The average Bonchev–Trinajstić information content (AvgIpc) is 0.722.